The van der Waals surface area contributed by atoms with Crippen molar-refractivity contribution >= 4 is 50.7 Å². The molecule has 2 aromatic rings. The van der Waals surface area contributed by atoms with Crippen LogP contribution in [0.2, 0.25) is 0 Å². The van der Waals surface area contributed by atoms with E-state index in [4.69, 9.17) is 12.2 Å². The molecule has 0 radical (unpaired) electrons. The molecule has 0 unspecified atom stereocenters. The lowest BCUT2D eigenvalue weighted by atomic mass is 10.1. The van der Waals surface area contributed by atoms with Gasteiger partial charge in [-0.1, -0.05) is 6.07 Å². The second kappa shape index (κ2) is 7.25. The number of aromatic nitrogens is 1. The van der Waals surface area contributed by atoms with Crippen LogP contribution in [0.3, 0.4) is 0 Å². The number of nitrogens with one attached hydrogen (secondary N) is 2. The Morgan fingerprint density at radius 3 is 2.70 bits per heavy atom. The van der Waals surface area contributed by atoms with Crippen LogP contribution in [0.25, 0.3) is 0 Å². The van der Waals surface area contributed by atoms with Gasteiger partial charge in [-0.25, -0.2) is 4.98 Å². The first-order valence-electron chi connectivity index (χ1n) is 6.36. The number of amides is 1. The smallest absolute Gasteiger partial charge is 0.273 e. The highest BCUT2D eigenvalue weighted by Crippen LogP contribution is 2.21. The molecule has 0 atom stereocenters. The quantitative estimate of drug-likeness (QED) is 0.471. The van der Waals surface area contributed by atoms with Gasteiger partial charge in [0.15, 0.2) is 5.11 Å². The molecule has 0 aliphatic heterocycles. The van der Waals surface area contributed by atoms with Gasteiger partial charge < -0.3 is 5.32 Å². The molecule has 9 heteroatoms. The highest BCUT2D eigenvalue weighted by atomic mass is 79.9. The van der Waals surface area contributed by atoms with E-state index in [1.165, 1.54) is 25.1 Å². The molecule has 23 heavy (non-hydrogen) atoms. The van der Waals surface area contributed by atoms with Gasteiger partial charge in [-0.05, 0) is 53.3 Å². The van der Waals surface area contributed by atoms with Crippen LogP contribution in [0, 0.1) is 17.0 Å². The summed E-state index contributed by atoms with van der Waals surface area (Å²) in [5.74, 6) is -0.0601. The molecule has 118 valence electrons. The lowest BCUT2D eigenvalue weighted by Gasteiger charge is -2.10. The van der Waals surface area contributed by atoms with Crippen LogP contribution in [0.5, 0.6) is 0 Å². The number of thiocarbonyl (C=S) groups is 1. The number of anilines is 1. The molecular formula is C14H11BrN4O3S. The number of carbonyl (C=O) groups is 1. The summed E-state index contributed by atoms with van der Waals surface area (Å²) in [7, 11) is 0. The standard InChI is InChI=1S/C14H11BrN4O3S/c1-8-10(3-2-4-11(8)19(21)22)13(20)18-14(23)17-12-6-5-9(15)7-16-12/h2-7H,1H3,(H2,16,17,18,20,23). The monoisotopic (exact) mass is 394 g/mol. The Labute approximate surface area is 145 Å². The van der Waals surface area contributed by atoms with Crippen molar-refractivity contribution in [3.05, 3.63) is 62.2 Å². The number of halogens is 1. The molecule has 1 aromatic heterocycles. The van der Waals surface area contributed by atoms with E-state index in [2.05, 4.69) is 31.5 Å². The van der Waals surface area contributed by atoms with Gasteiger partial charge in [0.25, 0.3) is 11.6 Å². The lowest BCUT2D eigenvalue weighted by Crippen LogP contribution is -2.34. The Morgan fingerprint density at radius 2 is 2.09 bits per heavy atom. The second-order valence-corrected chi connectivity index (χ2v) is 5.80. The van der Waals surface area contributed by atoms with Crippen molar-refractivity contribution in [1.29, 1.82) is 0 Å². The minimum Gasteiger partial charge on any atom is -0.317 e. The summed E-state index contributed by atoms with van der Waals surface area (Å²) < 4.78 is 0.810. The van der Waals surface area contributed by atoms with Crippen LogP contribution >= 0.6 is 28.1 Å². The van der Waals surface area contributed by atoms with Gasteiger partial charge in [0.2, 0.25) is 0 Å². The highest BCUT2D eigenvalue weighted by molar-refractivity contribution is 9.10. The molecule has 0 spiro atoms. The number of carbonyl (C=O) groups excluding carboxylic acids is 1. The van der Waals surface area contributed by atoms with Crippen molar-refractivity contribution in [3.63, 3.8) is 0 Å². The Morgan fingerprint density at radius 1 is 1.35 bits per heavy atom. The van der Waals surface area contributed by atoms with Gasteiger partial charge in [0.05, 0.1) is 4.92 Å². The first-order chi connectivity index (χ1) is 10.9. The summed E-state index contributed by atoms with van der Waals surface area (Å²) in [6, 6.07) is 7.74. The van der Waals surface area contributed by atoms with Gasteiger partial charge >= 0.3 is 0 Å². The zero-order valence-corrected chi connectivity index (χ0v) is 14.3. The Hall–Kier alpha value is -2.39. The van der Waals surface area contributed by atoms with Gasteiger partial charge in [0.1, 0.15) is 5.82 Å². The first-order valence-corrected chi connectivity index (χ1v) is 7.56. The molecule has 2 N–H and O–H groups in total. The van der Waals surface area contributed by atoms with E-state index in [1.54, 1.807) is 18.3 Å². The van der Waals surface area contributed by atoms with Crippen LogP contribution in [0.4, 0.5) is 11.5 Å². The zero-order valence-electron chi connectivity index (χ0n) is 11.9. The third kappa shape index (κ3) is 4.30. The van der Waals surface area contributed by atoms with Crippen molar-refractivity contribution in [2.24, 2.45) is 0 Å². The summed E-state index contributed by atoms with van der Waals surface area (Å²) in [6.45, 7) is 1.51. The van der Waals surface area contributed by atoms with Crippen molar-refractivity contribution in [3.8, 4) is 0 Å². The van der Waals surface area contributed by atoms with Gasteiger partial charge in [-0.2, -0.15) is 0 Å². The van der Waals surface area contributed by atoms with Gasteiger partial charge in [-0.3, -0.25) is 20.2 Å². The molecule has 0 saturated carbocycles. The van der Waals surface area contributed by atoms with E-state index in [0.29, 0.717) is 5.82 Å². The maximum atomic E-state index is 12.2. The molecule has 1 heterocycles. The molecule has 0 fully saturated rings. The number of pyridine rings is 1. The Bertz CT molecular complexity index is 780. The third-order valence-corrected chi connectivity index (χ3v) is 3.62. The van der Waals surface area contributed by atoms with Crippen LogP contribution in [-0.4, -0.2) is 20.9 Å². The number of nitrogens with zero attached hydrogens (tertiary/aromatic N) is 2. The topological polar surface area (TPSA) is 97.2 Å². The molecule has 1 aromatic carbocycles. The normalized spacial score (nSPS) is 10.0. The summed E-state index contributed by atoms with van der Waals surface area (Å²) in [5.41, 5.74) is 0.345. The fourth-order valence-electron chi connectivity index (χ4n) is 1.84. The lowest BCUT2D eigenvalue weighted by molar-refractivity contribution is -0.385. The summed E-state index contributed by atoms with van der Waals surface area (Å²) >= 11 is 8.31. The highest BCUT2D eigenvalue weighted by Gasteiger charge is 2.18. The minimum absolute atomic E-state index is 0.0516. The third-order valence-electron chi connectivity index (χ3n) is 2.94. The minimum atomic E-state index is -0.533. The fourth-order valence-corrected chi connectivity index (χ4v) is 2.27. The van der Waals surface area contributed by atoms with Crippen LogP contribution in [0.1, 0.15) is 15.9 Å². The second-order valence-electron chi connectivity index (χ2n) is 4.48. The van der Waals surface area contributed by atoms with Crippen molar-refractivity contribution in [1.82, 2.24) is 10.3 Å². The van der Waals surface area contributed by atoms with Crippen molar-refractivity contribution < 1.29 is 9.72 Å². The Balaban J connectivity index is 2.10. The predicted molar refractivity (Wildman–Crippen MR) is 93.5 cm³/mol. The van der Waals surface area contributed by atoms with Gasteiger partial charge in [0, 0.05) is 27.9 Å². The SMILES string of the molecule is Cc1c(C(=O)NC(=S)Nc2ccc(Br)cn2)cccc1[N+](=O)[O-]. The van der Waals surface area contributed by atoms with E-state index < -0.39 is 10.8 Å². The first kappa shape index (κ1) is 17.0. The number of hydrogen-bond donors (Lipinski definition) is 2. The molecular weight excluding hydrogens is 384 g/mol. The van der Waals surface area contributed by atoms with E-state index in [1.807, 2.05) is 0 Å². The number of hydrogen-bond acceptors (Lipinski definition) is 5. The number of nitro benzene ring substituents is 1. The zero-order chi connectivity index (χ0) is 17.0. The summed E-state index contributed by atoms with van der Waals surface area (Å²) in [4.78, 5) is 26.7. The summed E-state index contributed by atoms with van der Waals surface area (Å²) in [5, 5.41) is 16.2. The number of nitro groups is 1. The molecule has 7 nitrogen and oxygen atoms in total. The van der Waals surface area contributed by atoms with Crippen molar-refractivity contribution in [2.75, 3.05) is 5.32 Å². The maximum Gasteiger partial charge on any atom is 0.273 e. The molecule has 0 saturated heterocycles. The number of benzene rings is 1. The average molecular weight is 395 g/mol. The molecule has 0 aliphatic rings. The van der Waals surface area contributed by atoms with E-state index in [-0.39, 0.29) is 21.9 Å². The summed E-state index contributed by atoms with van der Waals surface area (Å²) in [6.07, 6.45) is 1.58. The maximum absolute atomic E-state index is 12.2. The largest absolute Gasteiger partial charge is 0.317 e. The van der Waals surface area contributed by atoms with Crippen molar-refractivity contribution in [2.45, 2.75) is 6.92 Å². The average Bonchev–Trinajstić information content (AvgIpc) is 2.49. The van der Waals surface area contributed by atoms with Crippen LogP contribution in [-0.2, 0) is 0 Å². The molecule has 1 amide bonds. The fraction of sp³-hybridized carbons (Fsp3) is 0.0714. The van der Waals surface area contributed by atoms with Crippen LogP contribution < -0.4 is 10.6 Å². The van der Waals surface area contributed by atoms with E-state index in [0.717, 1.165) is 4.47 Å². The van der Waals surface area contributed by atoms with Crippen LogP contribution in [0.15, 0.2) is 41.0 Å². The molecule has 2 rings (SSSR count). The van der Waals surface area contributed by atoms with Gasteiger partial charge in [-0.15, -0.1) is 0 Å². The molecule has 0 aliphatic carbocycles. The van der Waals surface area contributed by atoms with E-state index >= 15 is 0 Å². The number of rotatable bonds is 3. The predicted octanol–water partition coefficient (Wildman–Crippen LogP) is 3.19. The molecule has 0 bridgehead atoms. The Kier molecular flexibility index (Phi) is 5.35. The van der Waals surface area contributed by atoms with E-state index in [9.17, 15) is 14.9 Å².